The van der Waals surface area contributed by atoms with Gasteiger partial charge in [0.1, 0.15) is 5.75 Å². The van der Waals surface area contributed by atoms with Crippen molar-refractivity contribution < 1.29 is 9.53 Å². The largest absolute Gasteiger partial charge is 0.490 e. The van der Waals surface area contributed by atoms with E-state index in [-0.39, 0.29) is 23.2 Å². The first-order chi connectivity index (χ1) is 14.0. The molecule has 1 saturated carbocycles. The third-order valence-corrected chi connectivity index (χ3v) is 5.25. The van der Waals surface area contributed by atoms with E-state index >= 15 is 0 Å². The second kappa shape index (κ2) is 8.07. The Morgan fingerprint density at radius 2 is 1.72 bits per heavy atom. The Bertz CT molecular complexity index is 1080. The molecule has 2 aromatic carbocycles. The highest BCUT2D eigenvalue weighted by atomic mass is 16.5. The minimum Gasteiger partial charge on any atom is -0.490 e. The number of fused-ring (bicyclic) bond motifs is 1. The second-order valence-electron chi connectivity index (χ2n) is 7.74. The Morgan fingerprint density at radius 3 is 2.38 bits per heavy atom. The summed E-state index contributed by atoms with van der Waals surface area (Å²) in [6.45, 7) is 3.74. The van der Waals surface area contributed by atoms with Gasteiger partial charge >= 0.3 is 0 Å². The SMILES string of the molecule is CC(C)n1nc(C(=O)Nc2ccc(OC3CCCC3)cc2)c2ccccc2c1=O. The Kier molecular flexibility index (Phi) is 5.34. The lowest BCUT2D eigenvalue weighted by Crippen LogP contribution is -2.28. The number of nitrogens with one attached hydrogen (secondary N) is 1. The van der Waals surface area contributed by atoms with Crippen molar-refractivity contribution in [1.29, 1.82) is 0 Å². The molecular weight excluding hydrogens is 366 g/mol. The van der Waals surface area contributed by atoms with Gasteiger partial charge in [-0.1, -0.05) is 18.2 Å². The summed E-state index contributed by atoms with van der Waals surface area (Å²) >= 11 is 0. The number of hydrogen-bond donors (Lipinski definition) is 1. The van der Waals surface area contributed by atoms with Crippen molar-refractivity contribution in [3.8, 4) is 5.75 Å². The molecule has 1 aliphatic carbocycles. The number of carbonyl (C=O) groups is 1. The quantitative estimate of drug-likeness (QED) is 0.692. The standard InChI is InChI=1S/C23H25N3O3/c1-15(2)26-23(28)20-10-6-5-9-19(20)21(25-26)22(27)24-16-11-13-18(14-12-16)29-17-7-3-4-8-17/h5-6,9-15,17H,3-4,7-8H2,1-2H3,(H,24,27). The van der Waals surface area contributed by atoms with Crippen LogP contribution < -0.4 is 15.6 Å². The molecule has 0 radical (unpaired) electrons. The molecule has 29 heavy (non-hydrogen) atoms. The molecule has 150 valence electrons. The van der Waals surface area contributed by atoms with Gasteiger partial charge in [-0.15, -0.1) is 0 Å². The summed E-state index contributed by atoms with van der Waals surface area (Å²) in [5.41, 5.74) is 0.697. The highest BCUT2D eigenvalue weighted by Gasteiger charge is 2.19. The third kappa shape index (κ3) is 4.01. The zero-order chi connectivity index (χ0) is 20.4. The molecule has 1 aliphatic rings. The van der Waals surface area contributed by atoms with Gasteiger partial charge in [-0.2, -0.15) is 5.10 Å². The topological polar surface area (TPSA) is 73.2 Å². The van der Waals surface area contributed by atoms with Crippen LogP contribution in [0.1, 0.15) is 56.1 Å². The predicted octanol–water partition coefficient (Wildman–Crippen LogP) is 4.55. The smallest absolute Gasteiger partial charge is 0.276 e. The van der Waals surface area contributed by atoms with E-state index in [2.05, 4.69) is 10.4 Å². The summed E-state index contributed by atoms with van der Waals surface area (Å²) < 4.78 is 7.33. The number of carbonyl (C=O) groups excluding carboxylic acids is 1. The van der Waals surface area contributed by atoms with Crippen molar-refractivity contribution in [3.63, 3.8) is 0 Å². The van der Waals surface area contributed by atoms with Crippen LogP contribution in [0.4, 0.5) is 5.69 Å². The van der Waals surface area contributed by atoms with Gasteiger partial charge < -0.3 is 10.1 Å². The summed E-state index contributed by atoms with van der Waals surface area (Å²) in [5.74, 6) is 0.465. The molecule has 0 unspecified atom stereocenters. The molecule has 0 atom stereocenters. The van der Waals surface area contributed by atoms with Crippen molar-refractivity contribution in [2.75, 3.05) is 5.32 Å². The number of anilines is 1. The molecule has 0 saturated heterocycles. The summed E-state index contributed by atoms with van der Waals surface area (Å²) in [6.07, 6.45) is 4.94. The molecule has 1 N–H and O–H groups in total. The van der Waals surface area contributed by atoms with E-state index in [1.165, 1.54) is 17.5 Å². The van der Waals surface area contributed by atoms with Gasteiger partial charge in [0, 0.05) is 11.1 Å². The van der Waals surface area contributed by atoms with E-state index in [1.54, 1.807) is 24.3 Å². The van der Waals surface area contributed by atoms with Gasteiger partial charge in [0.25, 0.3) is 11.5 Å². The molecule has 1 heterocycles. The van der Waals surface area contributed by atoms with E-state index < -0.39 is 0 Å². The maximum atomic E-state index is 13.0. The van der Waals surface area contributed by atoms with Gasteiger partial charge in [-0.3, -0.25) is 9.59 Å². The maximum Gasteiger partial charge on any atom is 0.276 e. The Hall–Kier alpha value is -3.15. The van der Waals surface area contributed by atoms with Crippen LogP contribution in [0.2, 0.25) is 0 Å². The lowest BCUT2D eigenvalue weighted by atomic mass is 10.1. The Morgan fingerprint density at radius 1 is 1.07 bits per heavy atom. The number of rotatable bonds is 5. The van der Waals surface area contributed by atoms with Crippen molar-refractivity contribution in [3.05, 3.63) is 64.6 Å². The number of benzene rings is 2. The van der Waals surface area contributed by atoms with Gasteiger partial charge in [-0.25, -0.2) is 4.68 Å². The zero-order valence-electron chi connectivity index (χ0n) is 16.7. The summed E-state index contributed by atoms with van der Waals surface area (Å²) in [4.78, 5) is 25.6. The molecule has 6 nitrogen and oxygen atoms in total. The molecule has 1 amide bonds. The third-order valence-electron chi connectivity index (χ3n) is 5.25. The van der Waals surface area contributed by atoms with Gasteiger partial charge in [0.15, 0.2) is 5.69 Å². The minimum absolute atomic E-state index is 0.148. The minimum atomic E-state index is -0.347. The second-order valence-corrected chi connectivity index (χ2v) is 7.74. The van der Waals surface area contributed by atoms with Crippen LogP contribution in [0.25, 0.3) is 10.8 Å². The first-order valence-electron chi connectivity index (χ1n) is 10.1. The van der Waals surface area contributed by atoms with E-state index in [4.69, 9.17) is 4.74 Å². The average molecular weight is 391 g/mol. The van der Waals surface area contributed by atoms with Gasteiger partial charge in [0.2, 0.25) is 0 Å². The highest BCUT2D eigenvalue weighted by Crippen LogP contribution is 2.25. The number of amides is 1. The van der Waals surface area contributed by atoms with Crippen LogP contribution in [0.3, 0.4) is 0 Å². The Labute approximate surface area is 169 Å². The van der Waals surface area contributed by atoms with Gasteiger partial charge in [-0.05, 0) is 69.9 Å². The molecular formula is C23H25N3O3. The van der Waals surface area contributed by atoms with Crippen molar-refractivity contribution in [2.45, 2.75) is 51.7 Å². The van der Waals surface area contributed by atoms with Crippen LogP contribution in [-0.4, -0.2) is 21.8 Å². The maximum absolute atomic E-state index is 13.0. The van der Waals surface area contributed by atoms with Gasteiger partial charge in [0.05, 0.1) is 17.5 Å². The fraction of sp³-hybridized carbons (Fsp3) is 0.348. The molecule has 6 heteroatoms. The lowest BCUT2D eigenvalue weighted by Gasteiger charge is -2.14. The number of hydrogen-bond acceptors (Lipinski definition) is 4. The van der Waals surface area contributed by atoms with Crippen molar-refractivity contribution >= 4 is 22.4 Å². The first kappa shape index (κ1) is 19.2. The van der Waals surface area contributed by atoms with Crippen LogP contribution >= 0.6 is 0 Å². The fourth-order valence-electron chi connectivity index (χ4n) is 3.73. The molecule has 3 aromatic rings. The molecule has 4 rings (SSSR count). The monoisotopic (exact) mass is 391 g/mol. The number of ether oxygens (including phenoxy) is 1. The van der Waals surface area contributed by atoms with E-state index in [0.29, 0.717) is 22.6 Å². The molecule has 1 aromatic heterocycles. The molecule has 0 aliphatic heterocycles. The lowest BCUT2D eigenvalue weighted by molar-refractivity contribution is 0.102. The normalized spacial score (nSPS) is 14.4. The van der Waals surface area contributed by atoms with Crippen LogP contribution in [0.15, 0.2) is 53.3 Å². The highest BCUT2D eigenvalue weighted by molar-refractivity contribution is 6.11. The van der Waals surface area contributed by atoms with Crippen LogP contribution in [0, 0.1) is 0 Å². The summed E-state index contributed by atoms with van der Waals surface area (Å²) in [7, 11) is 0. The predicted molar refractivity (Wildman–Crippen MR) is 114 cm³/mol. The van der Waals surface area contributed by atoms with Crippen molar-refractivity contribution in [1.82, 2.24) is 9.78 Å². The number of aromatic nitrogens is 2. The first-order valence-corrected chi connectivity index (χ1v) is 10.1. The molecule has 0 bridgehead atoms. The van der Waals surface area contributed by atoms with E-state index in [1.807, 2.05) is 38.1 Å². The number of nitrogens with zero attached hydrogens (tertiary/aromatic N) is 2. The van der Waals surface area contributed by atoms with E-state index in [9.17, 15) is 9.59 Å². The Balaban J connectivity index is 1.59. The zero-order valence-corrected chi connectivity index (χ0v) is 16.7. The van der Waals surface area contributed by atoms with Crippen LogP contribution in [0.5, 0.6) is 5.75 Å². The van der Waals surface area contributed by atoms with Crippen molar-refractivity contribution in [2.24, 2.45) is 0 Å². The molecule has 0 spiro atoms. The fourth-order valence-corrected chi connectivity index (χ4v) is 3.73. The summed E-state index contributed by atoms with van der Waals surface area (Å²) in [6, 6.07) is 14.3. The molecule has 1 fully saturated rings. The summed E-state index contributed by atoms with van der Waals surface area (Å²) in [5, 5.41) is 8.27. The van der Waals surface area contributed by atoms with E-state index in [0.717, 1.165) is 18.6 Å². The average Bonchev–Trinajstić information content (AvgIpc) is 3.22. The van der Waals surface area contributed by atoms with Crippen LogP contribution in [-0.2, 0) is 0 Å².